The fraction of sp³-hybridized carbons (Fsp3) is 0.571. The average molecular weight is 278 g/mol. The van der Waals surface area contributed by atoms with Crippen LogP contribution in [0.4, 0.5) is 11.5 Å². The van der Waals surface area contributed by atoms with Crippen molar-refractivity contribution in [2.24, 2.45) is 0 Å². The minimum atomic E-state index is 0.250. The molecule has 110 valence electrons. The Morgan fingerprint density at radius 1 is 1.20 bits per heavy atom. The molecule has 0 atom stereocenters. The summed E-state index contributed by atoms with van der Waals surface area (Å²) >= 11 is 0. The van der Waals surface area contributed by atoms with E-state index in [0.29, 0.717) is 45.2 Å². The van der Waals surface area contributed by atoms with E-state index in [-0.39, 0.29) is 5.69 Å². The molecular weight excluding hydrogens is 256 g/mol. The first-order valence-corrected chi connectivity index (χ1v) is 6.80. The molecule has 0 fully saturated rings. The molecule has 0 unspecified atom stereocenters. The van der Waals surface area contributed by atoms with Crippen LogP contribution in [0.5, 0.6) is 0 Å². The first-order chi connectivity index (χ1) is 9.72. The van der Waals surface area contributed by atoms with Crippen LogP contribution >= 0.6 is 0 Å². The van der Waals surface area contributed by atoms with E-state index in [1.807, 2.05) is 30.9 Å². The van der Waals surface area contributed by atoms with Crippen molar-refractivity contribution in [3.8, 4) is 6.07 Å². The molecule has 0 aromatic carbocycles. The van der Waals surface area contributed by atoms with Crippen molar-refractivity contribution in [2.45, 2.75) is 13.8 Å². The number of ether oxygens (including phenoxy) is 2. The number of hydrogen-bond acceptors (Lipinski definition) is 6. The second kappa shape index (κ2) is 9.13. The minimum absolute atomic E-state index is 0.250. The lowest BCUT2D eigenvalue weighted by molar-refractivity contribution is 0.141. The van der Waals surface area contributed by atoms with Crippen molar-refractivity contribution in [1.82, 2.24) is 4.98 Å². The summed E-state index contributed by atoms with van der Waals surface area (Å²) in [6, 6.07) is 5.52. The van der Waals surface area contributed by atoms with E-state index in [0.717, 1.165) is 5.82 Å². The third kappa shape index (κ3) is 5.03. The molecule has 0 amide bonds. The highest BCUT2D eigenvalue weighted by molar-refractivity contribution is 5.55. The topological polar surface area (TPSA) is 84.4 Å². The van der Waals surface area contributed by atoms with Crippen LogP contribution in [0.3, 0.4) is 0 Å². The molecule has 0 aliphatic rings. The molecule has 6 nitrogen and oxygen atoms in total. The number of pyridine rings is 1. The van der Waals surface area contributed by atoms with Crippen LogP contribution in [0, 0.1) is 11.3 Å². The maximum Gasteiger partial charge on any atom is 0.165 e. The zero-order valence-electron chi connectivity index (χ0n) is 12.1. The van der Waals surface area contributed by atoms with Crippen LogP contribution in [0.25, 0.3) is 0 Å². The van der Waals surface area contributed by atoms with E-state index in [9.17, 15) is 0 Å². The average Bonchev–Trinajstić information content (AvgIpc) is 2.47. The predicted octanol–water partition coefficient (Wildman–Crippen LogP) is 1.41. The number of rotatable bonds is 9. The van der Waals surface area contributed by atoms with Crippen molar-refractivity contribution in [1.29, 1.82) is 5.26 Å². The number of anilines is 2. The summed E-state index contributed by atoms with van der Waals surface area (Å²) in [6.07, 6.45) is 0. The largest absolute Gasteiger partial charge is 0.396 e. The van der Waals surface area contributed by atoms with Crippen LogP contribution in [0.2, 0.25) is 0 Å². The summed E-state index contributed by atoms with van der Waals surface area (Å²) in [6.45, 7) is 7.88. The molecule has 2 N–H and O–H groups in total. The summed E-state index contributed by atoms with van der Waals surface area (Å²) in [5.74, 6) is 0.718. The van der Waals surface area contributed by atoms with Crippen LogP contribution in [0.1, 0.15) is 19.5 Å². The maximum atomic E-state index is 8.99. The van der Waals surface area contributed by atoms with E-state index in [4.69, 9.17) is 20.5 Å². The highest BCUT2D eigenvalue weighted by Gasteiger charge is 2.10. The number of nitrogen functional groups attached to an aromatic ring is 1. The van der Waals surface area contributed by atoms with E-state index in [1.54, 1.807) is 6.07 Å². The van der Waals surface area contributed by atoms with Crippen LogP contribution in [-0.2, 0) is 9.47 Å². The number of nitrogens with zero attached hydrogens (tertiary/aromatic N) is 3. The Morgan fingerprint density at radius 3 is 2.30 bits per heavy atom. The summed E-state index contributed by atoms with van der Waals surface area (Å²) < 4.78 is 10.7. The van der Waals surface area contributed by atoms with Gasteiger partial charge in [-0.05, 0) is 26.0 Å². The van der Waals surface area contributed by atoms with Gasteiger partial charge >= 0.3 is 0 Å². The molecule has 0 bridgehead atoms. The van der Waals surface area contributed by atoms with Gasteiger partial charge in [-0.3, -0.25) is 0 Å². The van der Waals surface area contributed by atoms with Crippen molar-refractivity contribution >= 4 is 11.5 Å². The SMILES string of the molecule is CCOCCN(CCOCC)c1ccc(N)c(C#N)n1. The molecule has 1 heterocycles. The van der Waals surface area contributed by atoms with Gasteiger partial charge < -0.3 is 20.1 Å². The Hall–Kier alpha value is -1.84. The standard InChI is InChI=1S/C14H22N4O2/c1-3-19-9-7-18(8-10-20-4-2)14-6-5-12(16)13(11-15)17-14/h5-6H,3-4,7-10,16H2,1-2H3. The monoisotopic (exact) mass is 278 g/mol. The summed E-state index contributed by atoms with van der Waals surface area (Å²) in [5, 5.41) is 8.99. The fourth-order valence-electron chi connectivity index (χ4n) is 1.70. The van der Waals surface area contributed by atoms with Crippen molar-refractivity contribution in [3.05, 3.63) is 17.8 Å². The normalized spacial score (nSPS) is 10.2. The molecule has 1 aromatic rings. The molecule has 0 aliphatic carbocycles. The lowest BCUT2D eigenvalue weighted by Crippen LogP contribution is -2.32. The van der Waals surface area contributed by atoms with E-state index in [1.165, 1.54) is 0 Å². The Bertz CT molecular complexity index is 435. The van der Waals surface area contributed by atoms with Gasteiger partial charge in [0.2, 0.25) is 0 Å². The van der Waals surface area contributed by atoms with Gasteiger partial charge in [0.15, 0.2) is 5.69 Å². The number of hydrogen-bond donors (Lipinski definition) is 1. The molecule has 0 radical (unpaired) electrons. The number of nitriles is 1. The smallest absolute Gasteiger partial charge is 0.165 e. The highest BCUT2D eigenvalue weighted by atomic mass is 16.5. The first kappa shape index (κ1) is 16.2. The van der Waals surface area contributed by atoms with Crippen molar-refractivity contribution < 1.29 is 9.47 Å². The summed E-state index contributed by atoms with van der Waals surface area (Å²) in [5.41, 5.74) is 6.34. The van der Waals surface area contributed by atoms with Gasteiger partial charge in [-0.15, -0.1) is 0 Å². The second-order valence-electron chi connectivity index (χ2n) is 4.10. The van der Waals surface area contributed by atoms with E-state index < -0.39 is 0 Å². The Morgan fingerprint density at radius 2 is 1.80 bits per heavy atom. The summed E-state index contributed by atoms with van der Waals surface area (Å²) in [4.78, 5) is 6.31. The third-order valence-corrected chi connectivity index (χ3v) is 2.76. The fourth-order valence-corrected chi connectivity index (χ4v) is 1.70. The molecule has 6 heteroatoms. The van der Waals surface area contributed by atoms with Crippen LogP contribution in [0.15, 0.2) is 12.1 Å². The van der Waals surface area contributed by atoms with Gasteiger partial charge in [-0.2, -0.15) is 5.26 Å². The number of nitrogens with two attached hydrogens (primary N) is 1. The molecule has 0 aliphatic heterocycles. The first-order valence-electron chi connectivity index (χ1n) is 6.80. The highest BCUT2D eigenvalue weighted by Crippen LogP contribution is 2.16. The molecule has 1 aromatic heterocycles. The summed E-state index contributed by atoms with van der Waals surface area (Å²) in [7, 11) is 0. The quantitative estimate of drug-likeness (QED) is 0.688. The van der Waals surface area contributed by atoms with Gasteiger partial charge in [0, 0.05) is 26.3 Å². The molecule has 0 saturated heterocycles. The van der Waals surface area contributed by atoms with Crippen LogP contribution in [-0.4, -0.2) is 44.5 Å². The lowest BCUT2D eigenvalue weighted by Gasteiger charge is -2.23. The molecule has 0 spiro atoms. The molecular formula is C14H22N4O2. The lowest BCUT2D eigenvalue weighted by atomic mass is 10.3. The second-order valence-corrected chi connectivity index (χ2v) is 4.10. The van der Waals surface area contributed by atoms with Gasteiger partial charge in [0.25, 0.3) is 0 Å². The van der Waals surface area contributed by atoms with Crippen LogP contribution < -0.4 is 10.6 Å². The molecule has 1 rings (SSSR count). The van der Waals surface area contributed by atoms with Gasteiger partial charge in [0.1, 0.15) is 11.9 Å². The third-order valence-electron chi connectivity index (χ3n) is 2.76. The Labute approximate surface area is 120 Å². The molecule has 0 saturated carbocycles. The van der Waals surface area contributed by atoms with E-state index >= 15 is 0 Å². The zero-order valence-corrected chi connectivity index (χ0v) is 12.1. The van der Waals surface area contributed by atoms with E-state index in [2.05, 4.69) is 4.98 Å². The van der Waals surface area contributed by atoms with Crippen molar-refractivity contribution in [2.75, 3.05) is 50.2 Å². The zero-order chi connectivity index (χ0) is 14.8. The minimum Gasteiger partial charge on any atom is -0.396 e. The predicted molar refractivity (Wildman–Crippen MR) is 78.6 cm³/mol. The Kier molecular flexibility index (Phi) is 7.40. The van der Waals surface area contributed by atoms with Gasteiger partial charge in [0.05, 0.1) is 18.9 Å². The van der Waals surface area contributed by atoms with Gasteiger partial charge in [-0.1, -0.05) is 0 Å². The molecule has 20 heavy (non-hydrogen) atoms. The van der Waals surface area contributed by atoms with Crippen molar-refractivity contribution in [3.63, 3.8) is 0 Å². The Balaban J connectivity index is 2.77. The number of aromatic nitrogens is 1. The van der Waals surface area contributed by atoms with Gasteiger partial charge in [-0.25, -0.2) is 4.98 Å². The maximum absolute atomic E-state index is 8.99.